The zero-order valence-corrected chi connectivity index (χ0v) is 11.4. The molecule has 0 saturated carbocycles. The molecule has 0 spiro atoms. The van der Waals surface area contributed by atoms with Gasteiger partial charge in [0.25, 0.3) is 5.91 Å². The van der Waals surface area contributed by atoms with Crippen LogP contribution in [-0.4, -0.2) is 39.5 Å². The van der Waals surface area contributed by atoms with Crippen molar-refractivity contribution in [2.45, 2.75) is 34.2 Å². The molecule has 5 nitrogen and oxygen atoms in total. The van der Waals surface area contributed by atoms with Gasteiger partial charge in [0.15, 0.2) is 0 Å². The number of likely N-dealkylation sites (N-methyl/N-ethyl adjacent to an activating group) is 1. The number of hydrogen-bond donors (Lipinski definition) is 1. The summed E-state index contributed by atoms with van der Waals surface area (Å²) < 4.78 is 2.04. The lowest BCUT2D eigenvalue weighted by atomic mass is 10.2. The highest BCUT2D eigenvalue weighted by Crippen LogP contribution is 2.17. The first-order valence-electron chi connectivity index (χ1n) is 6.10. The van der Waals surface area contributed by atoms with Crippen LogP contribution in [0.15, 0.2) is 6.07 Å². The third-order valence-electron chi connectivity index (χ3n) is 3.12. The van der Waals surface area contributed by atoms with Crippen molar-refractivity contribution >= 4 is 11.9 Å². The van der Waals surface area contributed by atoms with Crippen LogP contribution < -0.4 is 0 Å². The third kappa shape index (κ3) is 2.72. The van der Waals surface area contributed by atoms with Crippen molar-refractivity contribution in [3.63, 3.8) is 0 Å². The molecule has 1 heterocycles. The quantitative estimate of drug-likeness (QED) is 0.867. The van der Waals surface area contributed by atoms with Crippen LogP contribution in [0.3, 0.4) is 0 Å². The number of hydrogen-bond acceptors (Lipinski definition) is 2. The van der Waals surface area contributed by atoms with Gasteiger partial charge in [-0.3, -0.25) is 9.59 Å². The number of rotatable bonds is 5. The fraction of sp³-hybridized carbons (Fsp3) is 0.538. The highest BCUT2D eigenvalue weighted by atomic mass is 16.4. The molecule has 1 aromatic rings. The molecule has 0 bridgehead atoms. The number of aryl methyl sites for hydroxylation is 1. The minimum absolute atomic E-state index is 0.215. The Morgan fingerprint density at radius 3 is 2.33 bits per heavy atom. The summed E-state index contributed by atoms with van der Waals surface area (Å²) in [6.07, 6.45) is 0. The van der Waals surface area contributed by atoms with Gasteiger partial charge < -0.3 is 14.6 Å². The van der Waals surface area contributed by atoms with Crippen LogP contribution in [-0.2, 0) is 11.3 Å². The van der Waals surface area contributed by atoms with E-state index in [1.165, 1.54) is 4.90 Å². The fourth-order valence-electron chi connectivity index (χ4n) is 2.17. The Labute approximate surface area is 107 Å². The summed E-state index contributed by atoms with van der Waals surface area (Å²) in [5.74, 6) is -1.21. The number of amides is 1. The van der Waals surface area contributed by atoms with Crippen LogP contribution >= 0.6 is 0 Å². The van der Waals surface area contributed by atoms with Crippen LogP contribution in [0.5, 0.6) is 0 Å². The summed E-state index contributed by atoms with van der Waals surface area (Å²) in [5, 5.41) is 8.79. The lowest BCUT2D eigenvalue weighted by Crippen LogP contribution is -2.35. The zero-order valence-electron chi connectivity index (χ0n) is 11.4. The van der Waals surface area contributed by atoms with Crippen LogP contribution in [0.4, 0.5) is 0 Å². The summed E-state index contributed by atoms with van der Waals surface area (Å²) >= 11 is 0. The van der Waals surface area contributed by atoms with Gasteiger partial charge >= 0.3 is 5.97 Å². The molecule has 0 unspecified atom stereocenters. The Morgan fingerprint density at radius 1 is 1.33 bits per heavy atom. The second-order valence-corrected chi connectivity index (χ2v) is 4.24. The largest absolute Gasteiger partial charge is 0.480 e. The molecule has 5 heteroatoms. The predicted molar refractivity (Wildman–Crippen MR) is 68.8 cm³/mol. The molecule has 1 N–H and O–H groups in total. The molecule has 18 heavy (non-hydrogen) atoms. The van der Waals surface area contributed by atoms with Gasteiger partial charge in [-0.25, -0.2) is 0 Å². The fourth-order valence-corrected chi connectivity index (χ4v) is 2.17. The van der Waals surface area contributed by atoms with Crippen LogP contribution in [0.1, 0.15) is 35.6 Å². The molecule has 100 valence electrons. The maximum absolute atomic E-state index is 12.3. The van der Waals surface area contributed by atoms with Gasteiger partial charge in [0.1, 0.15) is 6.54 Å². The van der Waals surface area contributed by atoms with Gasteiger partial charge in [0, 0.05) is 24.5 Å². The van der Waals surface area contributed by atoms with Crippen LogP contribution in [0.25, 0.3) is 0 Å². The van der Waals surface area contributed by atoms with Gasteiger partial charge in [-0.05, 0) is 33.8 Å². The summed E-state index contributed by atoms with van der Waals surface area (Å²) in [6, 6.07) is 1.83. The molecule has 0 aromatic carbocycles. The molecular weight excluding hydrogens is 232 g/mol. The molecular formula is C13H20N2O3. The molecule has 0 fully saturated rings. The molecule has 0 aliphatic heterocycles. The highest BCUT2D eigenvalue weighted by molar-refractivity contribution is 5.97. The van der Waals surface area contributed by atoms with Crippen LogP contribution in [0, 0.1) is 13.8 Å². The van der Waals surface area contributed by atoms with E-state index in [0.717, 1.165) is 17.9 Å². The topological polar surface area (TPSA) is 62.5 Å². The monoisotopic (exact) mass is 252 g/mol. The number of carboxylic acid groups (broad SMARTS) is 1. The summed E-state index contributed by atoms with van der Waals surface area (Å²) in [4.78, 5) is 24.3. The molecule has 0 atom stereocenters. The maximum Gasteiger partial charge on any atom is 0.323 e. The smallest absolute Gasteiger partial charge is 0.323 e. The number of carbonyl (C=O) groups excluding carboxylic acids is 1. The first kappa shape index (κ1) is 14.3. The van der Waals surface area contributed by atoms with Crippen LogP contribution in [0.2, 0.25) is 0 Å². The minimum Gasteiger partial charge on any atom is -0.480 e. The average molecular weight is 252 g/mol. The number of aromatic nitrogens is 1. The van der Waals surface area contributed by atoms with E-state index < -0.39 is 5.97 Å². The van der Waals surface area contributed by atoms with Gasteiger partial charge in [-0.15, -0.1) is 0 Å². The molecule has 0 aliphatic rings. The Bertz CT molecular complexity index is 463. The zero-order chi connectivity index (χ0) is 13.9. The van der Waals surface area contributed by atoms with E-state index in [1.807, 2.05) is 31.4 Å². The minimum atomic E-state index is -0.991. The van der Waals surface area contributed by atoms with E-state index in [4.69, 9.17) is 5.11 Å². The first-order chi connectivity index (χ1) is 8.42. The van der Waals surface area contributed by atoms with Gasteiger partial charge in [0.05, 0.1) is 5.56 Å². The lowest BCUT2D eigenvalue weighted by Gasteiger charge is -2.18. The van der Waals surface area contributed by atoms with Crippen molar-refractivity contribution in [2.24, 2.45) is 0 Å². The highest BCUT2D eigenvalue weighted by Gasteiger charge is 2.21. The predicted octanol–water partition coefficient (Wildman–Crippen LogP) is 1.67. The van der Waals surface area contributed by atoms with Crippen molar-refractivity contribution in [3.8, 4) is 0 Å². The van der Waals surface area contributed by atoms with E-state index in [-0.39, 0.29) is 12.5 Å². The summed E-state index contributed by atoms with van der Waals surface area (Å²) in [5.41, 5.74) is 2.51. The maximum atomic E-state index is 12.3. The first-order valence-corrected chi connectivity index (χ1v) is 6.10. The average Bonchev–Trinajstić information content (AvgIpc) is 2.60. The third-order valence-corrected chi connectivity index (χ3v) is 3.12. The van der Waals surface area contributed by atoms with Crippen molar-refractivity contribution in [1.82, 2.24) is 9.47 Å². The number of carboxylic acids is 1. The van der Waals surface area contributed by atoms with Gasteiger partial charge in [0.2, 0.25) is 0 Å². The van der Waals surface area contributed by atoms with E-state index in [2.05, 4.69) is 0 Å². The molecule has 1 amide bonds. The van der Waals surface area contributed by atoms with Gasteiger partial charge in [-0.1, -0.05) is 0 Å². The van der Waals surface area contributed by atoms with E-state index in [1.54, 1.807) is 6.92 Å². The van der Waals surface area contributed by atoms with E-state index in [9.17, 15) is 9.59 Å². The second-order valence-electron chi connectivity index (χ2n) is 4.24. The number of nitrogens with zero attached hydrogens (tertiary/aromatic N) is 2. The SMILES string of the molecule is CCN(CC(=O)O)C(=O)c1cc(C)n(CC)c1C. The molecule has 0 aliphatic carbocycles. The standard InChI is InChI=1S/C13H20N2O3/c1-5-14(8-12(16)17)13(18)11-7-9(3)15(6-2)10(11)4/h7H,5-6,8H2,1-4H3,(H,16,17). The lowest BCUT2D eigenvalue weighted by molar-refractivity contribution is -0.137. The molecule has 1 aromatic heterocycles. The van der Waals surface area contributed by atoms with Gasteiger partial charge in [-0.2, -0.15) is 0 Å². The van der Waals surface area contributed by atoms with Crippen molar-refractivity contribution in [1.29, 1.82) is 0 Å². The normalized spacial score (nSPS) is 10.4. The Morgan fingerprint density at radius 2 is 1.94 bits per heavy atom. The number of aliphatic carboxylic acids is 1. The second kappa shape index (κ2) is 5.71. The van der Waals surface area contributed by atoms with Crippen molar-refractivity contribution in [2.75, 3.05) is 13.1 Å². The van der Waals surface area contributed by atoms with Crippen molar-refractivity contribution < 1.29 is 14.7 Å². The van der Waals surface area contributed by atoms with Crippen molar-refractivity contribution in [3.05, 3.63) is 23.0 Å². The van der Waals surface area contributed by atoms with E-state index >= 15 is 0 Å². The van der Waals surface area contributed by atoms with E-state index in [0.29, 0.717) is 12.1 Å². The molecule has 0 saturated heterocycles. The summed E-state index contributed by atoms with van der Waals surface area (Å²) in [7, 11) is 0. The Kier molecular flexibility index (Phi) is 4.53. The Hall–Kier alpha value is -1.78. The molecule has 0 radical (unpaired) electrons. The summed E-state index contributed by atoms with van der Waals surface area (Å²) in [6.45, 7) is 8.56. The molecule has 1 rings (SSSR count). The Balaban J connectivity index is 3.06. The number of carbonyl (C=O) groups is 2.